The first-order valence-corrected chi connectivity index (χ1v) is 8.12. The van der Waals surface area contributed by atoms with E-state index in [1.165, 1.54) is 0 Å². The summed E-state index contributed by atoms with van der Waals surface area (Å²) in [5.41, 5.74) is 0.756. The van der Waals surface area contributed by atoms with Crippen LogP contribution in [0.1, 0.15) is 32.3 Å². The normalized spacial score (nSPS) is 12.4. The number of para-hydroxylation sites is 1. The van der Waals surface area contributed by atoms with Crippen molar-refractivity contribution in [1.29, 1.82) is 5.26 Å². The van der Waals surface area contributed by atoms with Gasteiger partial charge in [-0.25, -0.2) is 8.42 Å². The van der Waals surface area contributed by atoms with Crippen molar-refractivity contribution in [2.24, 2.45) is 0 Å². The van der Waals surface area contributed by atoms with Gasteiger partial charge in [0.15, 0.2) is 9.84 Å². The number of nitriles is 1. The molecule has 0 aliphatic carbocycles. The van der Waals surface area contributed by atoms with Gasteiger partial charge in [-0.2, -0.15) is 5.26 Å². The Labute approximate surface area is 119 Å². The highest BCUT2D eigenvalue weighted by Crippen LogP contribution is 2.14. The summed E-state index contributed by atoms with van der Waals surface area (Å²) in [5, 5.41) is 11.0. The van der Waals surface area contributed by atoms with Crippen LogP contribution in [0.3, 0.4) is 0 Å². The van der Waals surface area contributed by atoms with Crippen molar-refractivity contribution >= 4 is 21.4 Å². The SMILES string of the molecule is CCC(C)S(=O)(=O)CCC(=O)Nc1ccccc1C#N. The minimum Gasteiger partial charge on any atom is -0.325 e. The van der Waals surface area contributed by atoms with Gasteiger partial charge in [0.1, 0.15) is 6.07 Å². The fourth-order valence-electron chi connectivity index (χ4n) is 1.59. The Bertz CT molecular complexity index is 618. The van der Waals surface area contributed by atoms with Gasteiger partial charge in [-0.15, -0.1) is 0 Å². The van der Waals surface area contributed by atoms with E-state index in [-0.39, 0.29) is 12.2 Å². The molecular formula is C14H18N2O3S. The van der Waals surface area contributed by atoms with Gasteiger partial charge in [-0.1, -0.05) is 19.1 Å². The molecule has 5 nitrogen and oxygen atoms in total. The third-order valence-corrected chi connectivity index (χ3v) is 5.46. The lowest BCUT2D eigenvalue weighted by molar-refractivity contribution is -0.115. The first-order chi connectivity index (χ1) is 9.40. The first kappa shape index (κ1) is 16.2. The third-order valence-electron chi connectivity index (χ3n) is 3.12. The maximum Gasteiger partial charge on any atom is 0.225 e. The van der Waals surface area contributed by atoms with Gasteiger partial charge in [0.25, 0.3) is 0 Å². The molecule has 1 aromatic carbocycles. The lowest BCUT2D eigenvalue weighted by Crippen LogP contribution is -2.24. The van der Waals surface area contributed by atoms with Crippen LogP contribution >= 0.6 is 0 Å². The Morgan fingerprint density at radius 2 is 2.05 bits per heavy atom. The molecule has 20 heavy (non-hydrogen) atoms. The zero-order valence-electron chi connectivity index (χ0n) is 11.6. The first-order valence-electron chi connectivity index (χ1n) is 6.41. The second-order valence-electron chi connectivity index (χ2n) is 4.54. The molecule has 108 valence electrons. The number of anilines is 1. The number of amides is 1. The van der Waals surface area contributed by atoms with Crippen molar-refractivity contribution < 1.29 is 13.2 Å². The van der Waals surface area contributed by atoms with Crippen LogP contribution in [-0.4, -0.2) is 25.3 Å². The van der Waals surface area contributed by atoms with E-state index in [4.69, 9.17) is 5.26 Å². The van der Waals surface area contributed by atoms with Crippen molar-refractivity contribution in [3.63, 3.8) is 0 Å². The minimum atomic E-state index is -3.24. The molecule has 0 aliphatic heterocycles. The van der Waals surface area contributed by atoms with Gasteiger partial charge in [0.2, 0.25) is 5.91 Å². The second-order valence-corrected chi connectivity index (χ2v) is 7.08. The van der Waals surface area contributed by atoms with Gasteiger partial charge in [0.05, 0.1) is 22.3 Å². The molecule has 1 N–H and O–H groups in total. The van der Waals surface area contributed by atoms with E-state index in [1.54, 1.807) is 38.1 Å². The van der Waals surface area contributed by atoms with Crippen LogP contribution in [0, 0.1) is 11.3 Å². The molecule has 0 spiro atoms. The van der Waals surface area contributed by atoms with Crippen LogP contribution in [-0.2, 0) is 14.6 Å². The number of carbonyl (C=O) groups is 1. The molecule has 0 fully saturated rings. The molecule has 0 saturated carbocycles. The largest absolute Gasteiger partial charge is 0.325 e. The number of hydrogen-bond acceptors (Lipinski definition) is 4. The zero-order chi connectivity index (χ0) is 15.2. The summed E-state index contributed by atoms with van der Waals surface area (Å²) in [7, 11) is -3.24. The molecule has 1 aromatic rings. The Morgan fingerprint density at radius 1 is 1.40 bits per heavy atom. The molecule has 0 aliphatic rings. The highest BCUT2D eigenvalue weighted by Gasteiger charge is 2.20. The number of hydrogen-bond donors (Lipinski definition) is 1. The highest BCUT2D eigenvalue weighted by atomic mass is 32.2. The lowest BCUT2D eigenvalue weighted by atomic mass is 10.2. The van der Waals surface area contributed by atoms with Crippen molar-refractivity contribution in [3.05, 3.63) is 29.8 Å². The highest BCUT2D eigenvalue weighted by molar-refractivity contribution is 7.92. The average Bonchev–Trinajstić information content (AvgIpc) is 2.45. The van der Waals surface area contributed by atoms with E-state index in [2.05, 4.69) is 5.32 Å². The molecular weight excluding hydrogens is 276 g/mol. The van der Waals surface area contributed by atoms with Crippen molar-refractivity contribution in [2.75, 3.05) is 11.1 Å². The molecule has 0 heterocycles. The monoisotopic (exact) mass is 294 g/mol. The predicted octanol–water partition coefficient (Wildman–Crippen LogP) is 2.10. The van der Waals surface area contributed by atoms with E-state index in [1.807, 2.05) is 6.07 Å². The standard InChI is InChI=1S/C14H18N2O3S/c1-3-11(2)20(18,19)9-8-14(17)16-13-7-5-4-6-12(13)10-15/h4-7,11H,3,8-9H2,1-2H3,(H,16,17). The van der Waals surface area contributed by atoms with Crippen LogP contribution in [0.25, 0.3) is 0 Å². The quantitative estimate of drug-likeness (QED) is 0.870. The summed E-state index contributed by atoms with van der Waals surface area (Å²) in [6, 6.07) is 8.56. The lowest BCUT2D eigenvalue weighted by Gasteiger charge is -2.11. The van der Waals surface area contributed by atoms with Crippen molar-refractivity contribution in [3.8, 4) is 6.07 Å². The fourth-order valence-corrected chi connectivity index (χ4v) is 2.97. The predicted molar refractivity (Wildman–Crippen MR) is 77.9 cm³/mol. The van der Waals surface area contributed by atoms with Crippen LogP contribution in [0.4, 0.5) is 5.69 Å². The Hall–Kier alpha value is -1.87. The minimum absolute atomic E-state index is 0.105. The molecule has 0 radical (unpaired) electrons. The van der Waals surface area contributed by atoms with Crippen LogP contribution < -0.4 is 5.32 Å². The second kappa shape index (κ2) is 7.06. The van der Waals surface area contributed by atoms with Crippen LogP contribution in [0.5, 0.6) is 0 Å². The summed E-state index contributed by atoms with van der Waals surface area (Å²) < 4.78 is 23.6. The van der Waals surface area contributed by atoms with Gasteiger partial charge in [-0.3, -0.25) is 4.79 Å². The van der Waals surface area contributed by atoms with Crippen molar-refractivity contribution in [1.82, 2.24) is 0 Å². The zero-order valence-corrected chi connectivity index (χ0v) is 12.4. The molecule has 1 rings (SSSR count). The smallest absolute Gasteiger partial charge is 0.225 e. The van der Waals surface area contributed by atoms with Crippen molar-refractivity contribution in [2.45, 2.75) is 31.9 Å². The Balaban J connectivity index is 2.64. The number of nitrogens with zero attached hydrogens (tertiary/aromatic N) is 1. The number of benzene rings is 1. The molecule has 0 saturated heterocycles. The topological polar surface area (TPSA) is 87.0 Å². The van der Waals surface area contributed by atoms with E-state index >= 15 is 0 Å². The summed E-state index contributed by atoms with van der Waals surface area (Å²) >= 11 is 0. The Morgan fingerprint density at radius 3 is 2.65 bits per heavy atom. The number of nitrogens with one attached hydrogen (secondary N) is 1. The molecule has 6 heteroatoms. The van der Waals surface area contributed by atoms with E-state index in [0.29, 0.717) is 17.7 Å². The van der Waals surface area contributed by atoms with E-state index in [0.717, 1.165) is 0 Å². The molecule has 0 bridgehead atoms. The summed E-state index contributed by atoms with van der Waals surface area (Å²) in [6.07, 6.45) is 0.424. The van der Waals surface area contributed by atoms with Crippen LogP contribution in [0.2, 0.25) is 0 Å². The molecule has 1 amide bonds. The third kappa shape index (κ3) is 4.35. The number of rotatable bonds is 6. The summed E-state index contributed by atoms with van der Waals surface area (Å²) in [5.74, 6) is -0.581. The van der Waals surface area contributed by atoms with Gasteiger partial charge >= 0.3 is 0 Å². The maximum absolute atomic E-state index is 11.8. The summed E-state index contributed by atoms with van der Waals surface area (Å²) in [6.45, 7) is 3.43. The van der Waals surface area contributed by atoms with Gasteiger partial charge < -0.3 is 5.32 Å². The molecule has 1 atom stereocenters. The number of carbonyl (C=O) groups excluding carboxylic acids is 1. The van der Waals surface area contributed by atoms with E-state index < -0.39 is 21.0 Å². The molecule has 0 aromatic heterocycles. The molecule has 1 unspecified atom stereocenters. The number of sulfone groups is 1. The van der Waals surface area contributed by atoms with Gasteiger partial charge in [-0.05, 0) is 25.5 Å². The summed E-state index contributed by atoms with van der Waals surface area (Å²) in [4.78, 5) is 11.8. The van der Waals surface area contributed by atoms with E-state index in [9.17, 15) is 13.2 Å². The van der Waals surface area contributed by atoms with Gasteiger partial charge in [0, 0.05) is 6.42 Å². The maximum atomic E-state index is 11.8. The van der Waals surface area contributed by atoms with Crippen LogP contribution in [0.15, 0.2) is 24.3 Å². The average molecular weight is 294 g/mol. The Kier molecular flexibility index (Phi) is 5.71. The fraction of sp³-hybridized carbons (Fsp3) is 0.429.